The first-order valence-electron chi connectivity index (χ1n) is 8.99. The van der Waals surface area contributed by atoms with E-state index in [1.165, 1.54) is 4.88 Å². The minimum absolute atomic E-state index is 0.0514. The number of aliphatic hydroxyl groups excluding tert-OH is 1. The molecule has 7 heteroatoms. The number of hydrogen-bond donors (Lipinski definition) is 2. The summed E-state index contributed by atoms with van der Waals surface area (Å²) in [5.74, 6) is 8.20. The fourth-order valence-electron chi connectivity index (χ4n) is 2.61. The molecule has 0 radical (unpaired) electrons. The molecule has 148 valence electrons. The Morgan fingerprint density at radius 3 is 2.75 bits per heavy atom. The van der Waals surface area contributed by atoms with Crippen LogP contribution in [0.3, 0.4) is 0 Å². The molecule has 0 saturated carbocycles. The van der Waals surface area contributed by atoms with Gasteiger partial charge in [-0.3, -0.25) is 0 Å². The van der Waals surface area contributed by atoms with Crippen LogP contribution in [0.5, 0.6) is 5.75 Å². The van der Waals surface area contributed by atoms with E-state index in [1.54, 1.807) is 18.4 Å². The highest BCUT2D eigenvalue weighted by molar-refractivity contribution is 7.99. The van der Waals surface area contributed by atoms with Crippen molar-refractivity contribution in [2.24, 2.45) is 5.41 Å². The monoisotopic (exact) mass is 432 g/mol. The molecule has 1 fully saturated rings. The van der Waals surface area contributed by atoms with Crippen LogP contribution in [-0.2, 0) is 0 Å². The second-order valence-corrected chi connectivity index (χ2v) is 9.76. The first-order chi connectivity index (χ1) is 13.4. The van der Waals surface area contributed by atoms with E-state index in [0.29, 0.717) is 0 Å². The Balaban J connectivity index is 1.69. The average Bonchev–Trinajstić information content (AvgIpc) is 3.36. The predicted octanol–water partition coefficient (Wildman–Crippen LogP) is 4.57. The molecule has 3 rings (SSSR count). The minimum atomic E-state index is -0.387. The Hall–Kier alpha value is -1.72. The molecule has 0 amide bonds. The second kappa shape index (κ2) is 9.19. The molecule has 1 aliphatic rings. The lowest BCUT2D eigenvalue weighted by Gasteiger charge is -2.26. The number of benzene rings is 1. The van der Waals surface area contributed by atoms with E-state index in [2.05, 4.69) is 34.2 Å². The largest absolute Gasteiger partial charge is 0.497 e. The van der Waals surface area contributed by atoms with Crippen molar-refractivity contribution in [3.8, 4) is 17.6 Å². The molecule has 0 spiro atoms. The van der Waals surface area contributed by atoms with Gasteiger partial charge in [0, 0.05) is 28.3 Å². The van der Waals surface area contributed by atoms with Gasteiger partial charge in [0.1, 0.15) is 11.1 Å². The number of methoxy groups -OCH3 is 1. The van der Waals surface area contributed by atoms with Crippen LogP contribution in [0.15, 0.2) is 36.4 Å². The molecule has 0 aliphatic carbocycles. The van der Waals surface area contributed by atoms with Crippen molar-refractivity contribution in [3.05, 3.63) is 46.2 Å². The van der Waals surface area contributed by atoms with Gasteiger partial charge in [-0.25, -0.2) is 0 Å². The smallest absolute Gasteiger partial charge is 0.174 e. The number of thiophene rings is 1. The van der Waals surface area contributed by atoms with Gasteiger partial charge in [0.05, 0.1) is 18.6 Å². The van der Waals surface area contributed by atoms with Crippen LogP contribution in [0.2, 0.25) is 0 Å². The number of anilines is 1. The Kier molecular flexibility index (Phi) is 6.89. The molecular formula is C21H24N2O2S3. The molecule has 4 nitrogen and oxygen atoms in total. The summed E-state index contributed by atoms with van der Waals surface area (Å²) in [4.78, 5) is 4.48. The first-order valence-corrected chi connectivity index (χ1v) is 11.3. The Morgan fingerprint density at radius 2 is 2.07 bits per heavy atom. The van der Waals surface area contributed by atoms with Crippen LogP contribution in [0.4, 0.5) is 5.69 Å². The van der Waals surface area contributed by atoms with Gasteiger partial charge in [-0.1, -0.05) is 11.8 Å². The topological polar surface area (TPSA) is 44.7 Å². The fourth-order valence-corrected chi connectivity index (χ4v) is 5.35. The lowest BCUT2D eigenvalue weighted by molar-refractivity contribution is 0.207. The molecular weight excluding hydrogens is 408 g/mol. The Labute approximate surface area is 180 Å². The van der Waals surface area contributed by atoms with E-state index in [4.69, 9.17) is 17.0 Å². The van der Waals surface area contributed by atoms with Gasteiger partial charge in [0.25, 0.3) is 0 Å². The number of hydrogen-bond acceptors (Lipinski definition) is 5. The summed E-state index contributed by atoms with van der Waals surface area (Å²) >= 11 is 9.26. The van der Waals surface area contributed by atoms with E-state index < -0.39 is 0 Å². The predicted molar refractivity (Wildman–Crippen MR) is 123 cm³/mol. The third kappa shape index (κ3) is 5.21. The van der Waals surface area contributed by atoms with Gasteiger partial charge >= 0.3 is 0 Å². The van der Waals surface area contributed by atoms with Crippen molar-refractivity contribution >= 4 is 46.1 Å². The number of nitrogens with zero attached hydrogens (tertiary/aromatic N) is 1. The summed E-state index contributed by atoms with van der Waals surface area (Å²) in [5, 5.41) is 13.6. The molecule has 1 aliphatic heterocycles. The number of thiocarbonyl (C=S) groups is 1. The third-order valence-electron chi connectivity index (χ3n) is 4.28. The molecule has 1 aromatic carbocycles. The lowest BCUT2D eigenvalue weighted by Crippen LogP contribution is -2.33. The van der Waals surface area contributed by atoms with Crippen molar-refractivity contribution in [1.29, 1.82) is 0 Å². The number of nitrogens with one attached hydrogen (secondary N) is 1. The molecule has 0 bridgehead atoms. The third-order valence-corrected chi connectivity index (χ3v) is 7.06. The quantitative estimate of drug-likeness (QED) is 0.545. The maximum atomic E-state index is 9.36. The zero-order chi connectivity index (χ0) is 20.1. The van der Waals surface area contributed by atoms with Gasteiger partial charge < -0.3 is 20.1 Å². The normalized spacial score (nSPS) is 16.4. The van der Waals surface area contributed by atoms with Gasteiger partial charge in [-0.05, 0) is 62.5 Å². The summed E-state index contributed by atoms with van der Waals surface area (Å²) in [5.41, 5.74) is 0.563. The molecule has 0 unspecified atom stereocenters. The maximum Gasteiger partial charge on any atom is 0.174 e. The zero-order valence-electron chi connectivity index (χ0n) is 16.2. The van der Waals surface area contributed by atoms with Gasteiger partial charge in [-0.2, -0.15) is 0 Å². The van der Waals surface area contributed by atoms with E-state index in [-0.39, 0.29) is 17.4 Å². The van der Waals surface area contributed by atoms with Gasteiger partial charge in [0.2, 0.25) is 0 Å². The van der Waals surface area contributed by atoms with Crippen LogP contribution < -0.4 is 10.1 Å². The van der Waals surface area contributed by atoms with E-state index >= 15 is 0 Å². The van der Waals surface area contributed by atoms with Crippen LogP contribution in [0, 0.1) is 17.3 Å². The average molecular weight is 433 g/mol. The second-order valence-electron chi connectivity index (χ2n) is 7.07. The number of aliphatic hydroxyl groups is 1. The van der Waals surface area contributed by atoms with Crippen LogP contribution in [0.1, 0.15) is 29.0 Å². The zero-order valence-corrected chi connectivity index (χ0v) is 18.6. The molecule has 1 atom stereocenters. The van der Waals surface area contributed by atoms with Gasteiger partial charge in [-0.15, -0.1) is 23.1 Å². The van der Waals surface area contributed by atoms with Crippen LogP contribution in [0.25, 0.3) is 0 Å². The first kappa shape index (κ1) is 21.0. The van der Waals surface area contributed by atoms with Crippen molar-refractivity contribution in [2.45, 2.75) is 19.2 Å². The highest BCUT2D eigenvalue weighted by Crippen LogP contribution is 2.41. The summed E-state index contributed by atoms with van der Waals surface area (Å²) in [6.07, 6.45) is 0. The number of thioether (sulfide) groups is 1. The van der Waals surface area contributed by atoms with E-state index in [1.807, 2.05) is 49.9 Å². The van der Waals surface area contributed by atoms with Crippen molar-refractivity contribution in [2.75, 3.05) is 31.3 Å². The number of ether oxygens (including phenoxy) is 1. The van der Waals surface area contributed by atoms with Crippen molar-refractivity contribution < 1.29 is 9.84 Å². The summed E-state index contributed by atoms with van der Waals surface area (Å²) < 4.78 is 5.20. The Morgan fingerprint density at radius 1 is 1.32 bits per heavy atom. The van der Waals surface area contributed by atoms with Crippen molar-refractivity contribution in [1.82, 2.24) is 4.90 Å². The molecule has 1 saturated heterocycles. The summed E-state index contributed by atoms with van der Waals surface area (Å²) in [6, 6.07) is 11.9. The number of rotatable bonds is 4. The van der Waals surface area contributed by atoms with E-state index in [9.17, 15) is 5.11 Å². The highest BCUT2D eigenvalue weighted by atomic mass is 32.2. The standard InChI is InChI=1S/C21H24N2O2S3/c1-21(2,14-24)11-10-17-8-9-18(28-17)19-23(12-13-27-19)20(26)22-15-4-6-16(25-3)7-5-15/h4-9,19,24H,12-14H2,1-3H3,(H,22,26)/t19-/m0/s1. The minimum Gasteiger partial charge on any atom is -0.497 e. The van der Waals surface area contributed by atoms with E-state index in [0.717, 1.165) is 33.7 Å². The molecule has 28 heavy (non-hydrogen) atoms. The van der Waals surface area contributed by atoms with Gasteiger partial charge in [0.15, 0.2) is 5.11 Å². The lowest BCUT2D eigenvalue weighted by atomic mass is 9.96. The van der Waals surface area contributed by atoms with Crippen LogP contribution >= 0.6 is 35.3 Å². The van der Waals surface area contributed by atoms with Crippen LogP contribution in [-0.4, -0.2) is 41.1 Å². The fraction of sp³-hybridized carbons (Fsp3) is 0.381. The molecule has 2 aromatic rings. The molecule has 2 N–H and O–H groups in total. The Bertz CT molecular complexity index is 881. The maximum absolute atomic E-state index is 9.36. The van der Waals surface area contributed by atoms with Crippen molar-refractivity contribution in [3.63, 3.8) is 0 Å². The molecule has 2 heterocycles. The summed E-state index contributed by atoms with van der Waals surface area (Å²) in [6.45, 7) is 4.84. The summed E-state index contributed by atoms with van der Waals surface area (Å²) in [7, 11) is 1.66. The SMILES string of the molecule is COc1ccc(NC(=S)N2CCS[C@H]2c2ccc(C#CC(C)(C)CO)s2)cc1. The molecule has 1 aromatic heterocycles. The highest BCUT2D eigenvalue weighted by Gasteiger charge is 2.29.